The molecule has 15 heavy (non-hydrogen) atoms. The molecule has 0 saturated carbocycles. The Morgan fingerprint density at radius 3 is 2.27 bits per heavy atom. The van der Waals surface area contributed by atoms with Gasteiger partial charge in [0.1, 0.15) is 0 Å². The maximum absolute atomic E-state index is 11.8. The second-order valence-corrected chi connectivity index (χ2v) is 4.11. The minimum Gasteiger partial charge on any atom is -0.295 e. The molecule has 0 aromatic heterocycles. The zero-order valence-electron chi connectivity index (χ0n) is 8.78. The van der Waals surface area contributed by atoms with E-state index in [9.17, 15) is 9.59 Å². The van der Waals surface area contributed by atoms with Crippen LogP contribution in [0.15, 0.2) is 30.3 Å². The lowest BCUT2D eigenvalue weighted by molar-refractivity contribution is -0.126. The summed E-state index contributed by atoms with van der Waals surface area (Å²) in [6.45, 7) is 3.60. The number of carbonyl (C=O) groups is 2. The summed E-state index contributed by atoms with van der Waals surface area (Å²) in [4.78, 5) is 23.2. The summed E-state index contributed by atoms with van der Waals surface area (Å²) < 4.78 is 0. The van der Waals surface area contributed by atoms with Crippen LogP contribution in [0.25, 0.3) is 0 Å². The molecule has 1 aromatic rings. The quantitative estimate of drug-likeness (QED) is 0.698. The molecular weight excluding hydrogens is 190 g/mol. The van der Waals surface area contributed by atoms with Gasteiger partial charge in [-0.1, -0.05) is 37.3 Å². The first-order valence-electron chi connectivity index (χ1n) is 4.97. The van der Waals surface area contributed by atoms with Crippen LogP contribution in [0.1, 0.15) is 19.4 Å². The van der Waals surface area contributed by atoms with E-state index in [1.165, 1.54) is 0 Å². The second-order valence-electron chi connectivity index (χ2n) is 4.11. The van der Waals surface area contributed by atoms with Crippen molar-refractivity contribution in [3.8, 4) is 0 Å². The van der Waals surface area contributed by atoms with Crippen molar-refractivity contribution in [3.63, 3.8) is 0 Å². The molecule has 1 N–H and O–H groups in total. The molecule has 2 rings (SSSR count). The minimum absolute atomic E-state index is 0.189. The Kier molecular flexibility index (Phi) is 2.11. The summed E-state index contributed by atoms with van der Waals surface area (Å²) in [6, 6.07) is 9.42. The molecule has 1 heterocycles. The molecule has 3 heteroatoms. The predicted molar refractivity (Wildman–Crippen MR) is 56.1 cm³/mol. The van der Waals surface area contributed by atoms with E-state index in [2.05, 4.69) is 5.32 Å². The number of carbonyl (C=O) groups excluding carboxylic acids is 2. The van der Waals surface area contributed by atoms with E-state index < -0.39 is 5.41 Å². The topological polar surface area (TPSA) is 46.2 Å². The Labute approximate surface area is 88.5 Å². The number of amides is 2. The Bertz CT molecular complexity index is 413. The highest BCUT2D eigenvalue weighted by atomic mass is 16.2. The van der Waals surface area contributed by atoms with Crippen molar-refractivity contribution >= 4 is 11.8 Å². The van der Waals surface area contributed by atoms with Crippen LogP contribution in [0.3, 0.4) is 0 Å². The van der Waals surface area contributed by atoms with E-state index in [0.717, 1.165) is 5.56 Å². The fraction of sp³-hybridized carbons (Fsp3) is 0.333. The number of imide groups is 1. The summed E-state index contributed by atoms with van der Waals surface area (Å²) in [7, 11) is 0. The lowest BCUT2D eigenvalue weighted by Gasteiger charge is -2.24. The minimum atomic E-state index is -0.724. The largest absolute Gasteiger partial charge is 0.295 e. The molecule has 1 aromatic carbocycles. The van der Waals surface area contributed by atoms with Gasteiger partial charge in [-0.3, -0.25) is 14.9 Å². The van der Waals surface area contributed by atoms with Crippen LogP contribution in [-0.4, -0.2) is 11.8 Å². The second kappa shape index (κ2) is 3.19. The van der Waals surface area contributed by atoms with Gasteiger partial charge in [-0.25, -0.2) is 0 Å². The van der Waals surface area contributed by atoms with Gasteiger partial charge in [0.05, 0.1) is 11.3 Å². The van der Waals surface area contributed by atoms with Gasteiger partial charge in [-0.15, -0.1) is 0 Å². The average Bonchev–Trinajstić information content (AvgIpc) is 2.45. The SMILES string of the molecule is C[C@H]1C(=O)NC(=O)[C@]1(C)c1ccccc1. The van der Waals surface area contributed by atoms with E-state index in [1.54, 1.807) is 6.92 Å². The molecule has 0 aliphatic carbocycles. The summed E-state index contributed by atoms with van der Waals surface area (Å²) >= 11 is 0. The van der Waals surface area contributed by atoms with Crippen molar-refractivity contribution in [3.05, 3.63) is 35.9 Å². The standard InChI is InChI=1S/C12H13NO2/c1-8-10(14)13-11(15)12(8,2)9-6-4-3-5-7-9/h3-8H,1-2H3,(H,13,14,15)/t8-,12-/m0/s1. The van der Waals surface area contributed by atoms with Crippen molar-refractivity contribution < 1.29 is 9.59 Å². The van der Waals surface area contributed by atoms with Crippen LogP contribution in [-0.2, 0) is 15.0 Å². The molecular formula is C12H13NO2. The van der Waals surface area contributed by atoms with Gasteiger partial charge >= 0.3 is 0 Å². The number of hydrogen-bond acceptors (Lipinski definition) is 2. The van der Waals surface area contributed by atoms with Gasteiger partial charge in [-0.2, -0.15) is 0 Å². The summed E-state index contributed by atoms with van der Waals surface area (Å²) in [5.41, 5.74) is 0.166. The molecule has 0 radical (unpaired) electrons. The van der Waals surface area contributed by atoms with E-state index in [1.807, 2.05) is 37.3 Å². The van der Waals surface area contributed by atoms with E-state index in [0.29, 0.717) is 0 Å². The van der Waals surface area contributed by atoms with Crippen LogP contribution >= 0.6 is 0 Å². The van der Waals surface area contributed by atoms with Gasteiger partial charge in [0.15, 0.2) is 0 Å². The zero-order chi connectivity index (χ0) is 11.1. The highest BCUT2D eigenvalue weighted by Gasteiger charge is 2.50. The molecule has 1 aliphatic heterocycles. The summed E-state index contributed by atoms with van der Waals surface area (Å²) in [6.07, 6.45) is 0. The van der Waals surface area contributed by atoms with Gasteiger partial charge in [-0.05, 0) is 12.5 Å². The lowest BCUT2D eigenvalue weighted by atomic mass is 9.74. The van der Waals surface area contributed by atoms with E-state index >= 15 is 0 Å². The molecule has 1 aliphatic rings. The van der Waals surface area contributed by atoms with Gasteiger partial charge < -0.3 is 0 Å². The number of hydrogen-bond donors (Lipinski definition) is 1. The Balaban J connectivity index is 2.51. The zero-order valence-corrected chi connectivity index (χ0v) is 8.78. The molecule has 1 fully saturated rings. The maximum atomic E-state index is 11.8. The van der Waals surface area contributed by atoms with Crippen molar-refractivity contribution in [1.82, 2.24) is 5.32 Å². The first-order valence-corrected chi connectivity index (χ1v) is 4.97. The molecule has 2 atom stereocenters. The van der Waals surface area contributed by atoms with Crippen LogP contribution in [0.5, 0.6) is 0 Å². The highest BCUT2D eigenvalue weighted by Crippen LogP contribution is 2.36. The normalized spacial score (nSPS) is 30.4. The summed E-state index contributed by atoms with van der Waals surface area (Å²) in [5, 5.41) is 2.38. The lowest BCUT2D eigenvalue weighted by Crippen LogP contribution is -2.35. The molecule has 1 saturated heterocycles. The molecule has 0 spiro atoms. The van der Waals surface area contributed by atoms with Gasteiger partial charge in [0.25, 0.3) is 0 Å². The number of benzene rings is 1. The Morgan fingerprint density at radius 1 is 1.20 bits per heavy atom. The van der Waals surface area contributed by atoms with Crippen molar-refractivity contribution in [2.75, 3.05) is 0 Å². The Hall–Kier alpha value is -1.64. The third kappa shape index (κ3) is 1.27. The van der Waals surface area contributed by atoms with Crippen LogP contribution in [0.4, 0.5) is 0 Å². The van der Waals surface area contributed by atoms with E-state index in [-0.39, 0.29) is 17.7 Å². The fourth-order valence-corrected chi connectivity index (χ4v) is 1.97. The monoisotopic (exact) mass is 203 g/mol. The van der Waals surface area contributed by atoms with Crippen molar-refractivity contribution in [1.29, 1.82) is 0 Å². The number of rotatable bonds is 1. The average molecular weight is 203 g/mol. The number of nitrogens with one attached hydrogen (secondary N) is 1. The predicted octanol–water partition coefficient (Wildman–Crippen LogP) is 1.24. The smallest absolute Gasteiger partial charge is 0.237 e. The van der Waals surface area contributed by atoms with Gasteiger partial charge in [0, 0.05) is 0 Å². The van der Waals surface area contributed by atoms with Crippen molar-refractivity contribution in [2.45, 2.75) is 19.3 Å². The van der Waals surface area contributed by atoms with Crippen LogP contribution in [0.2, 0.25) is 0 Å². The third-order valence-corrected chi connectivity index (χ3v) is 3.34. The third-order valence-electron chi connectivity index (χ3n) is 3.34. The molecule has 0 bridgehead atoms. The fourth-order valence-electron chi connectivity index (χ4n) is 1.97. The van der Waals surface area contributed by atoms with Gasteiger partial charge in [0.2, 0.25) is 11.8 Å². The highest BCUT2D eigenvalue weighted by molar-refractivity contribution is 6.10. The maximum Gasteiger partial charge on any atom is 0.237 e. The van der Waals surface area contributed by atoms with Crippen molar-refractivity contribution in [2.24, 2.45) is 5.92 Å². The Morgan fingerprint density at radius 2 is 1.80 bits per heavy atom. The van der Waals surface area contributed by atoms with Crippen LogP contribution in [0, 0.1) is 5.92 Å². The van der Waals surface area contributed by atoms with E-state index in [4.69, 9.17) is 0 Å². The first kappa shape index (κ1) is 9.90. The molecule has 2 amide bonds. The molecule has 78 valence electrons. The molecule has 3 nitrogen and oxygen atoms in total. The summed E-state index contributed by atoms with van der Waals surface area (Å²) in [5.74, 6) is -0.704. The first-order chi connectivity index (χ1) is 7.06. The van der Waals surface area contributed by atoms with Crippen LogP contribution < -0.4 is 5.32 Å². The molecule has 0 unspecified atom stereocenters.